The number of aromatic nitrogens is 2. The number of nitrogens with two attached hydrogens (primary N) is 1. The molecule has 8 heteroatoms. The number of pyridine rings is 1. The second-order valence-electron chi connectivity index (χ2n) is 7.35. The van der Waals surface area contributed by atoms with Gasteiger partial charge in [-0.1, -0.05) is 0 Å². The van der Waals surface area contributed by atoms with Crippen molar-refractivity contribution in [1.29, 1.82) is 0 Å². The number of aromatic amines is 1. The number of hydrogen-bond donors (Lipinski definition) is 3. The molecule has 4 N–H and O–H groups in total. The van der Waals surface area contributed by atoms with Crippen molar-refractivity contribution in [2.24, 2.45) is 0 Å². The zero-order valence-corrected chi connectivity index (χ0v) is 16.3. The summed E-state index contributed by atoms with van der Waals surface area (Å²) in [5.74, 6) is 0. The van der Waals surface area contributed by atoms with Crippen molar-refractivity contribution >= 4 is 44.4 Å². The number of halogens is 1. The van der Waals surface area contributed by atoms with E-state index in [-0.39, 0.29) is 12.1 Å². The van der Waals surface area contributed by atoms with Gasteiger partial charge in [-0.15, -0.1) is 0 Å². The van der Waals surface area contributed by atoms with E-state index in [0.717, 1.165) is 40.6 Å². The molecule has 7 nitrogen and oxygen atoms in total. The number of hydrogen-bond acceptors (Lipinski definition) is 5. The van der Waals surface area contributed by atoms with Gasteiger partial charge in [0, 0.05) is 31.5 Å². The van der Waals surface area contributed by atoms with Crippen molar-refractivity contribution in [2.75, 3.05) is 23.7 Å². The molecule has 0 bridgehead atoms. The lowest BCUT2D eigenvalue weighted by Crippen LogP contribution is -2.49. The van der Waals surface area contributed by atoms with Crippen LogP contribution in [-0.2, 0) is 4.74 Å². The highest BCUT2D eigenvalue weighted by atomic mass is 79.9. The maximum Gasteiger partial charge on any atom is 0.407 e. The molecule has 0 aromatic carbocycles. The van der Waals surface area contributed by atoms with Gasteiger partial charge in [-0.2, -0.15) is 0 Å². The molecule has 2 aromatic rings. The van der Waals surface area contributed by atoms with E-state index in [1.807, 2.05) is 20.8 Å². The summed E-state index contributed by atoms with van der Waals surface area (Å²) in [5, 5.41) is 3.89. The highest BCUT2D eigenvalue weighted by molar-refractivity contribution is 9.10. The van der Waals surface area contributed by atoms with Crippen molar-refractivity contribution in [3.63, 3.8) is 0 Å². The summed E-state index contributed by atoms with van der Waals surface area (Å²) in [6, 6.07) is 0.0267. The number of nitrogens with zero attached hydrogens (tertiary/aromatic N) is 2. The lowest BCUT2D eigenvalue weighted by atomic mass is 10.0. The highest BCUT2D eigenvalue weighted by Gasteiger charge is 2.27. The molecule has 0 saturated carbocycles. The summed E-state index contributed by atoms with van der Waals surface area (Å²) in [6.45, 7) is 7.17. The van der Waals surface area contributed by atoms with Crippen LogP contribution in [0.5, 0.6) is 0 Å². The van der Waals surface area contributed by atoms with Gasteiger partial charge in [-0.25, -0.2) is 9.78 Å². The maximum absolute atomic E-state index is 12.1. The Morgan fingerprint density at radius 2 is 2.28 bits per heavy atom. The molecule has 1 aliphatic rings. The number of ether oxygens (including phenoxy) is 1. The van der Waals surface area contributed by atoms with E-state index in [2.05, 4.69) is 36.1 Å². The average molecular weight is 410 g/mol. The van der Waals surface area contributed by atoms with Crippen LogP contribution in [0.25, 0.3) is 11.0 Å². The van der Waals surface area contributed by atoms with Crippen LogP contribution < -0.4 is 16.0 Å². The van der Waals surface area contributed by atoms with E-state index in [4.69, 9.17) is 10.5 Å². The fourth-order valence-corrected chi connectivity index (χ4v) is 3.71. The number of H-pyrrole nitrogens is 1. The van der Waals surface area contributed by atoms with Gasteiger partial charge in [0.05, 0.1) is 21.2 Å². The predicted octanol–water partition coefficient (Wildman–Crippen LogP) is 3.40. The highest BCUT2D eigenvalue weighted by Crippen LogP contribution is 2.37. The number of anilines is 2. The molecule has 3 heterocycles. The van der Waals surface area contributed by atoms with E-state index in [0.29, 0.717) is 12.2 Å². The Bertz CT molecular complexity index is 783. The van der Waals surface area contributed by atoms with Crippen LogP contribution in [0, 0.1) is 0 Å². The fraction of sp³-hybridized carbons (Fsp3) is 0.529. The predicted molar refractivity (Wildman–Crippen MR) is 103 cm³/mol. The first-order valence-corrected chi connectivity index (χ1v) is 9.19. The molecular formula is C17H24BrN5O2. The largest absolute Gasteiger partial charge is 0.444 e. The van der Waals surface area contributed by atoms with Crippen molar-refractivity contribution in [2.45, 2.75) is 45.3 Å². The van der Waals surface area contributed by atoms with E-state index >= 15 is 0 Å². The molecule has 0 spiro atoms. The Labute approximate surface area is 155 Å². The lowest BCUT2D eigenvalue weighted by molar-refractivity contribution is 0.0500. The Morgan fingerprint density at radius 1 is 1.52 bits per heavy atom. The smallest absolute Gasteiger partial charge is 0.407 e. The topological polar surface area (TPSA) is 96.3 Å². The molecule has 1 unspecified atom stereocenters. The Hall–Kier alpha value is -1.96. The molecule has 2 aromatic heterocycles. The first kappa shape index (κ1) is 17.8. The molecule has 3 rings (SSSR count). The van der Waals surface area contributed by atoms with Gasteiger partial charge in [-0.3, -0.25) is 0 Å². The Kier molecular flexibility index (Phi) is 4.81. The van der Waals surface area contributed by atoms with E-state index in [9.17, 15) is 4.79 Å². The van der Waals surface area contributed by atoms with E-state index < -0.39 is 5.60 Å². The summed E-state index contributed by atoms with van der Waals surface area (Å²) in [4.78, 5) is 21.8. The number of amides is 1. The first-order valence-electron chi connectivity index (χ1n) is 8.40. The summed E-state index contributed by atoms with van der Waals surface area (Å²) in [6.07, 6.45) is 5.05. The van der Waals surface area contributed by atoms with Crippen molar-refractivity contribution in [1.82, 2.24) is 15.3 Å². The summed E-state index contributed by atoms with van der Waals surface area (Å²) in [5.41, 5.74) is 8.07. The van der Waals surface area contributed by atoms with Crippen molar-refractivity contribution < 1.29 is 9.53 Å². The zero-order valence-electron chi connectivity index (χ0n) is 14.7. The number of nitrogens with one attached hydrogen (secondary N) is 2. The lowest BCUT2D eigenvalue weighted by Gasteiger charge is -2.36. The molecule has 1 fully saturated rings. The molecule has 1 saturated heterocycles. The van der Waals surface area contributed by atoms with Gasteiger partial charge < -0.3 is 25.7 Å². The van der Waals surface area contributed by atoms with Crippen LogP contribution in [-0.4, -0.2) is 40.8 Å². The second kappa shape index (κ2) is 6.74. The van der Waals surface area contributed by atoms with E-state index in [1.54, 1.807) is 12.4 Å². The number of rotatable bonds is 2. The standard InChI is InChI=1S/C17H24BrN5O2/c1-17(2,3)25-16(24)22-10-5-4-6-23(9-10)14-11(18)7-20-15-13(14)12(19)8-21-15/h7-8,10H,4-6,9,19H2,1-3H3,(H,20,21)(H,22,24). The minimum atomic E-state index is -0.502. The van der Waals surface area contributed by atoms with Crippen molar-refractivity contribution in [3.05, 3.63) is 16.9 Å². The quantitative estimate of drug-likeness (QED) is 0.705. The van der Waals surface area contributed by atoms with Gasteiger partial charge in [0.1, 0.15) is 11.2 Å². The van der Waals surface area contributed by atoms with Gasteiger partial charge in [0.2, 0.25) is 0 Å². The molecule has 1 atom stereocenters. The average Bonchev–Trinajstić information content (AvgIpc) is 2.87. The van der Waals surface area contributed by atoms with Gasteiger partial charge >= 0.3 is 6.09 Å². The van der Waals surface area contributed by atoms with Crippen LogP contribution in [0.2, 0.25) is 0 Å². The molecule has 1 aliphatic heterocycles. The molecule has 1 amide bonds. The molecule has 136 valence electrons. The number of alkyl carbamates (subject to hydrolysis) is 1. The van der Waals surface area contributed by atoms with Gasteiger partial charge in [-0.05, 0) is 49.5 Å². The second-order valence-corrected chi connectivity index (χ2v) is 8.21. The summed E-state index contributed by atoms with van der Waals surface area (Å²) in [7, 11) is 0. The molecular weight excluding hydrogens is 386 g/mol. The minimum absolute atomic E-state index is 0.0267. The zero-order chi connectivity index (χ0) is 18.2. The minimum Gasteiger partial charge on any atom is -0.444 e. The monoisotopic (exact) mass is 409 g/mol. The van der Waals surface area contributed by atoms with Crippen LogP contribution in [0.4, 0.5) is 16.2 Å². The SMILES string of the molecule is CC(C)(C)OC(=O)NC1CCCN(c2c(Br)cnc3[nH]cc(N)c23)C1. The number of piperidine rings is 1. The number of carbonyl (C=O) groups is 1. The Morgan fingerprint density at radius 3 is 3.00 bits per heavy atom. The third-order valence-electron chi connectivity index (χ3n) is 4.12. The normalized spacial score (nSPS) is 18.4. The maximum atomic E-state index is 12.1. The van der Waals surface area contributed by atoms with Crippen LogP contribution in [0.3, 0.4) is 0 Å². The van der Waals surface area contributed by atoms with E-state index in [1.165, 1.54) is 0 Å². The molecule has 25 heavy (non-hydrogen) atoms. The number of fused-ring (bicyclic) bond motifs is 1. The molecule has 0 radical (unpaired) electrons. The summed E-state index contributed by atoms with van der Waals surface area (Å²) >= 11 is 3.60. The third kappa shape index (κ3) is 4.00. The number of nitrogen functional groups attached to an aromatic ring is 1. The van der Waals surface area contributed by atoms with Gasteiger partial charge in [0.15, 0.2) is 0 Å². The van der Waals surface area contributed by atoms with Gasteiger partial charge in [0.25, 0.3) is 0 Å². The van der Waals surface area contributed by atoms with Crippen LogP contribution >= 0.6 is 15.9 Å². The summed E-state index contributed by atoms with van der Waals surface area (Å²) < 4.78 is 6.26. The fourth-order valence-electron chi connectivity index (χ4n) is 3.16. The van der Waals surface area contributed by atoms with Crippen LogP contribution in [0.1, 0.15) is 33.6 Å². The van der Waals surface area contributed by atoms with Crippen molar-refractivity contribution in [3.8, 4) is 0 Å². The number of carbonyl (C=O) groups excluding carboxylic acids is 1. The molecule has 0 aliphatic carbocycles. The van der Waals surface area contributed by atoms with Crippen LogP contribution in [0.15, 0.2) is 16.9 Å². The third-order valence-corrected chi connectivity index (χ3v) is 4.70. The Balaban J connectivity index is 1.79. The first-order chi connectivity index (χ1) is 11.7.